The normalized spacial score (nSPS) is 13.0. The van der Waals surface area contributed by atoms with Gasteiger partial charge in [-0.05, 0) is 39.0 Å². The van der Waals surface area contributed by atoms with Gasteiger partial charge in [-0.3, -0.25) is 9.59 Å². The molecule has 0 saturated heterocycles. The summed E-state index contributed by atoms with van der Waals surface area (Å²) < 4.78 is 6.54. The fourth-order valence-corrected chi connectivity index (χ4v) is 3.20. The van der Waals surface area contributed by atoms with Gasteiger partial charge in [0.05, 0.1) is 23.4 Å². The van der Waals surface area contributed by atoms with Crippen molar-refractivity contribution in [1.82, 2.24) is 19.7 Å². The summed E-state index contributed by atoms with van der Waals surface area (Å²) in [5.41, 5.74) is 1.94. The first kappa shape index (κ1) is 18.5. The number of carbonyl (C=O) groups excluding carboxylic acids is 3. The lowest BCUT2D eigenvalue weighted by atomic mass is 10.1. The van der Waals surface area contributed by atoms with Crippen molar-refractivity contribution in [2.45, 2.75) is 20.8 Å². The lowest BCUT2D eigenvalue weighted by Crippen LogP contribution is -2.32. The van der Waals surface area contributed by atoms with Gasteiger partial charge in [0.1, 0.15) is 5.56 Å². The van der Waals surface area contributed by atoms with Crippen molar-refractivity contribution in [3.8, 4) is 5.95 Å². The number of ether oxygens (including phenoxy) is 1. The quantitative estimate of drug-likeness (QED) is 0.496. The highest BCUT2D eigenvalue weighted by atomic mass is 16.5. The Balaban J connectivity index is 1.89. The van der Waals surface area contributed by atoms with Crippen molar-refractivity contribution in [1.29, 1.82) is 0 Å². The lowest BCUT2D eigenvalue weighted by molar-refractivity contribution is 0.0526. The third kappa shape index (κ3) is 2.96. The Labute approximate surface area is 165 Å². The number of fused-ring (bicyclic) bond motifs is 1. The van der Waals surface area contributed by atoms with Gasteiger partial charge in [-0.1, -0.05) is 12.1 Å². The molecule has 0 fully saturated rings. The first-order valence-electron chi connectivity index (χ1n) is 8.98. The molecule has 0 N–H and O–H groups in total. The third-order valence-corrected chi connectivity index (χ3v) is 4.46. The molecule has 2 amide bonds. The minimum atomic E-state index is -0.723. The molecule has 0 atom stereocenters. The van der Waals surface area contributed by atoms with Crippen LogP contribution in [-0.2, 0) is 4.74 Å². The van der Waals surface area contributed by atoms with E-state index >= 15 is 0 Å². The number of hydrogen-bond donors (Lipinski definition) is 0. The molecule has 2 aromatic heterocycles. The van der Waals surface area contributed by atoms with Crippen molar-refractivity contribution in [2.75, 3.05) is 11.5 Å². The number of esters is 1. The van der Waals surface area contributed by atoms with Crippen LogP contribution in [0.5, 0.6) is 0 Å². The van der Waals surface area contributed by atoms with Gasteiger partial charge in [-0.25, -0.2) is 19.4 Å². The first-order valence-corrected chi connectivity index (χ1v) is 8.98. The van der Waals surface area contributed by atoms with Gasteiger partial charge >= 0.3 is 5.97 Å². The van der Waals surface area contributed by atoms with Gasteiger partial charge < -0.3 is 4.74 Å². The Hall–Kier alpha value is -3.88. The molecule has 3 aromatic rings. The van der Waals surface area contributed by atoms with E-state index in [1.165, 1.54) is 10.9 Å². The second kappa shape index (κ2) is 6.93. The number of imide groups is 1. The van der Waals surface area contributed by atoms with Crippen molar-refractivity contribution < 1.29 is 19.1 Å². The summed E-state index contributed by atoms with van der Waals surface area (Å²) in [5.74, 6) is -1.84. The van der Waals surface area contributed by atoms with Gasteiger partial charge in [-0.2, -0.15) is 10.1 Å². The zero-order chi connectivity index (χ0) is 20.7. The maximum Gasteiger partial charge on any atom is 0.343 e. The smallest absolute Gasteiger partial charge is 0.343 e. The van der Waals surface area contributed by atoms with Crippen LogP contribution in [-0.4, -0.2) is 44.1 Å². The van der Waals surface area contributed by atoms with Gasteiger partial charge in [0.15, 0.2) is 5.82 Å². The number of rotatable bonds is 4. The third-order valence-electron chi connectivity index (χ3n) is 4.46. The topological polar surface area (TPSA) is 107 Å². The maximum atomic E-state index is 12.9. The largest absolute Gasteiger partial charge is 0.462 e. The zero-order valence-electron chi connectivity index (χ0n) is 16.0. The van der Waals surface area contributed by atoms with Gasteiger partial charge in [-0.15, -0.1) is 0 Å². The molecular formula is C20H17N5O4. The molecule has 0 spiro atoms. The molecule has 29 heavy (non-hydrogen) atoms. The van der Waals surface area contributed by atoms with E-state index in [2.05, 4.69) is 15.1 Å². The summed E-state index contributed by atoms with van der Waals surface area (Å²) in [5, 5.41) is 4.32. The number of aryl methyl sites for hydroxylation is 2. The number of carbonyl (C=O) groups is 3. The predicted octanol–water partition coefficient (Wildman–Crippen LogP) is 2.26. The second-order valence-electron chi connectivity index (χ2n) is 6.46. The summed E-state index contributed by atoms with van der Waals surface area (Å²) in [6.45, 7) is 5.43. The number of benzene rings is 1. The van der Waals surface area contributed by atoms with E-state index in [0.717, 1.165) is 16.3 Å². The van der Waals surface area contributed by atoms with Gasteiger partial charge in [0.2, 0.25) is 0 Å². The molecule has 0 radical (unpaired) electrons. The van der Waals surface area contributed by atoms with Crippen LogP contribution in [0, 0.1) is 13.8 Å². The average Bonchev–Trinajstić information content (AvgIpc) is 3.18. The van der Waals surface area contributed by atoms with Gasteiger partial charge in [0, 0.05) is 11.9 Å². The molecule has 1 aliphatic heterocycles. The van der Waals surface area contributed by atoms with Crippen LogP contribution >= 0.6 is 0 Å². The van der Waals surface area contributed by atoms with Crippen LogP contribution in [0.2, 0.25) is 0 Å². The Morgan fingerprint density at radius 2 is 1.76 bits per heavy atom. The van der Waals surface area contributed by atoms with Crippen molar-refractivity contribution >= 4 is 23.6 Å². The molecule has 9 nitrogen and oxygen atoms in total. The molecule has 146 valence electrons. The van der Waals surface area contributed by atoms with Crippen molar-refractivity contribution in [3.05, 3.63) is 64.6 Å². The molecule has 1 aliphatic rings. The Morgan fingerprint density at radius 3 is 2.31 bits per heavy atom. The maximum absolute atomic E-state index is 12.9. The Morgan fingerprint density at radius 1 is 1.10 bits per heavy atom. The molecule has 0 saturated carbocycles. The number of hydrogen-bond acceptors (Lipinski definition) is 7. The Kier molecular flexibility index (Phi) is 4.42. The van der Waals surface area contributed by atoms with Crippen molar-refractivity contribution in [2.24, 2.45) is 0 Å². The lowest BCUT2D eigenvalue weighted by Gasteiger charge is -2.17. The van der Waals surface area contributed by atoms with Crippen LogP contribution < -0.4 is 4.90 Å². The van der Waals surface area contributed by atoms with E-state index in [0.29, 0.717) is 0 Å². The van der Waals surface area contributed by atoms with Crippen LogP contribution in [0.15, 0.2) is 36.5 Å². The van der Waals surface area contributed by atoms with Gasteiger partial charge in [0.25, 0.3) is 17.8 Å². The fourth-order valence-electron chi connectivity index (χ4n) is 3.20. The monoisotopic (exact) mass is 391 g/mol. The van der Waals surface area contributed by atoms with Crippen LogP contribution in [0.25, 0.3) is 5.95 Å². The summed E-state index contributed by atoms with van der Waals surface area (Å²) in [7, 11) is 0. The molecule has 1 aromatic carbocycles. The van der Waals surface area contributed by atoms with E-state index in [-0.39, 0.29) is 35.1 Å². The van der Waals surface area contributed by atoms with Crippen LogP contribution in [0.1, 0.15) is 49.4 Å². The fraction of sp³-hybridized carbons (Fsp3) is 0.200. The first-order chi connectivity index (χ1) is 13.9. The molecule has 0 bridgehead atoms. The minimum absolute atomic E-state index is 0.0772. The average molecular weight is 391 g/mol. The highest BCUT2D eigenvalue weighted by Crippen LogP contribution is 2.30. The molecule has 0 aliphatic carbocycles. The van der Waals surface area contributed by atoms with E-state index in [1.807, 2.05) is 19.9 Å². The standard InChI is InChI=1S/C20H17N5O4/c1-4-29-19(28)15-10-21-20(25-12(3)9-11(2)23-25)22-16(15)24-17(26)13-7-5-6-8-14(13)18(24)27/h5-10H,4H2,1-3H3. The molecule has 0 unspecified atom stereocenters. The Bertz CT molecular complexity index is 1130. The predicted molar refractivity (Wildman–Crippen MR) is 102 cm³/mol. The summed E-state index contributed by atoms with van der Waals surface area (Å²) in [6, 6.07) is 8.29. The molecule has 9 heteroatoms. The van der Waals surface area contributed by atoms with Crippen LogP contribution in [0.4, 0.5) is 5.82 Å². The van der Waals surface area contributed by atoms with E-state index in [9.17, 15) is 14.4 Å². The number of nitrogens with zero attached hydrogens (tertiary/aromatic N) is 5. The molecule has 4 rings (SSSR count). The molecular weight excluding hydrogens is 374 g/mol. The van der Waals surface area contributed by atoms with E-state index in [1.54, 1.807) is 31.2 Å². The summed E-state index contributed by atoms with van der Waals surface area (Å²) in [6.07, 6.45) is 1.25. The van der Waals surface area contributed by atoms with Crippen LogP contribution in [0.3, 0.4) is 0 Å². The van der Waals surface area contributed by atoms with Crippen molar-refractivity contribution in [3.63, 3.8) is 0 Å². The highest BCUT2D eigenvalue weighted by molar-refractivity contribution is 6.34. The second-order valence-corrected chi connectivity index (χ2v) is 6.46. The molecule has 3 heterocycles. The summed E-state index contributed by atoms with van der Waals surface area (Å²) >= 11 is 0. The summed E-state index contributed by atoms with van der Waals surface area (Å²) in [4.78, 5) is 47.8. The zero-order valence-corrected chi connectivity index (χ0v) is 16.0. The van der Waals surface area contributed by atoms with E-state index < -0.39 is 17.8 Å². The highest BCUT2D eigenvalue weighted by Gasteiger charge is 2.39. The number of amides is 2. The minimum Gasteiger partial charge on any atom is -0.462 e. The SMILES string of the molecule is CCOC(=O)c1cnc(-n2nc(C)cc2C)nc1N1C(=O)c2ccccc2C1=O. The number of anilines is 1. The number of aromatic nitrogens is 4. The van der Waals surface area contributed by atoms with E-state index in [4.69, 9.17) is 4.74 Å².